The van der Waals surface area contributed by atoms with Gasteiger partial charge in [0.1, 0.15) is 0 Å². The van der Waals surface area contributed by atoms with Gasteiger partial charge in [0.25, 0.3) is 0 Å². The molecule has 18 heavy (non-hydrogen) atoms. The van der Waals surface area contributed by atoms with E-state index in [4.69, 9.17) is 5.73 Å². The maximum absolute atomic E-state index is 12.4. The number of hydrogen-bond donors (Lipinski definition) is 1. The Balaban J connectivity index is 1.96. The number of halogens is 1. The second kappa shape index (κ2) is 6.17. The van der Waals surface area contributed by atoms with Crippen LogP contribution in [0.1, 0.15) is 24.8 Å². The van der Waals surface area contributed by atoms with Gasteiger partial charge in [0.05, 0.1) is 3.79 Å². The first-order valence-corrected chi connectivity index (χ1v) is 7.97. The molecule has 0 bridgehead atoms. The average molecular weight is 331 g/mol. The highest BCUT2D eigenvalue weighted by Gasteiger charge is 2.33. The molecular formula is C13H19BrN2OS. The zero-order valence-electron chi connectivity index (χ0n) is 10.6. The van der Waals surface area contributed by atoms with Gasteiger partial charge in [-0.3, -0.25) is 4.79 Å². The summed E-state index contributed by atoms with van der Waals surface area (Å²) in [6, 6.07) is 2.07. The third-order valence-electron chi connectivity index (χ3n) is 3.70. The SMILES string of the molecule is CN(Cc1csc(Br)c1)C(=O)C1CCCC1CN. The molecule has 3 nitrogen and oxygen atoms in total. The van der Waals surface area contributed by atoms with Crippen molar-refractivity contribution in [1.29, 1.82) is 0 Å². The number of thiophene rings is 1. The van der Waals surface area contributed by atoms with Crippen LogP contribution in [-0.2, 0) is 11.3 Å². The van der Waals surface area contributed by atoms with Crippen molar-refractivity contribution in [2.24, 2.45) is 17.6 Å². The predicted molar refractivity (Wildman–Crippen MR) is 78.4 cm³/mol. The molecule has 0 radical (unpaired) electrons. The number of carbonyl (C=O) groups is 1. The first kappa shape index (κ1) is 14.0. The number of hydrogen-bond acceptors (Lipinski definition) is 3. The van der Waals surface area contributed by atoms with E-state index in [0.717, 1.165) is 23.0 Å². The number of rotatable bonds is 4. The number of nitrogens with two attached hydrogens (primary N) is 1. The zero-order valence-corrected chi connectivity index (χ0v) is 13.0. The molecule has 1 heterocycles. The van der Waals surface area contributed by atoms with Gasteiger partial charge >= 0.3 is 0 Å². The van der Waals surface area contributed by atoms with E-state index in [1.165, 1.54) is 5.56 Å². The molecular weight excluding hydrogens is 312 g/mol. The maximum Gasteiger partial charge on any atom is 0.226 e. The minimum absolute atomic E-state index is 0.141. The smallest absolute Gasteiger partial charge is 0.226 e. The van der Waals surface area contributed by atoms with Crippen LogP contribution in [0.5, 0.6) is 0 Å². The summed E-state index contributed by atoms with van der Waals surface area (Å²) in [7, 11) is 1.89. The number of amides is 1. The summed E-state index contributed by atoms with van der Waals surface area (Å²) in [5.74, 6) is 0.779. The minimum Gasteiger partial charge on any atom is -0.341 e. The van der Waals surface area contributed by atoms with Gasteiger partial charge in [-0.2, -0.15) is 0 Å². The van der Waals surface area contributed by atoms with E-state index in [-0.39, 0.29) is 11.8 Å². The standard InChI is InChI=1S/C13H19BrN2OS/c1-16(7-9-5-12(14)18-8-9)13(17)11-4-2-3-10(11)6-15/h5,8,10-11H,2-4,6-7,15H2,1H3. The highest BCUT2D eigenvalue weighted by Crippen LogP contribution is 2.32. The van der Waals surface area contributed by atoms with Crippen molar-refractivity contribution in [1.82, 2.24) is 4.90 Å². The largest absolute Gasteiger partial charge is 0.341 e. The molecule has 0 spiro atoms. The molecule has 1 aromatic heterocycles. The number of carbonyl (C=O) groups excluding carboxylic acids is 1. The van der Waals surface area contributed by atoms with Crippen LogP contribution in [-0.4, -0.2) is 24.4 Å². The van der Waals surface area contributed by atoms with Crippen molar-refractivity contribution < 1.29 is 4.79 Å². The Kier molecular flexibility index (Phi) is 4.81. The second-order valence-corrected chi connectivity index (χ2v) is 7.28. The fourth-order valence-corrected chi connectivity index (χ4v) is 3.91. The van der Waals surface area contributed by atoms with Gasteiger partial charge in [0.2, 0.25) is 5.91 Å². The lowest BCUT2D eigenvalue weighted by molar-refractivity contribution is -0.135. The Labute approximate surface area is 120 Å². The molecule has 1 amide bonds. The van der Waals surface area contributed by atoms with Crippen LogP contribution in [0.4, 0.5) is 0 Å². The molecule has 1 fully saturated rings. The van der Waals surface area contributed by atoms with E-state index >= 15 is 0 Å². The summed E-state index contributed by atoms with van der Waals surface area (Å²) in [5.41, 5.74) is 6.93. The summed E-state index contributed by atoms with van der Waals surface area (Å²) in [6.45, 7) is 1.32. The van der Waals surface area contributed by atoms with Crippen molar-refractivity contribution in [3.05, 3.63) is 20.8 Å². The predicted octanol–water partition coefficient (Wildman–Crippen LogP) is 2.84. The summed E-state index contributed by atoms with van der Waals surface area (Å²) >= 11 is 5.10. The van der Waals surface area contributed by atoms with Gasteiger partial charge in [-0.25, -0.2) is 0 Å². The normalized spacial score (nSPS) is 23.3. The van der Waals surface area contributed by atoms with Gasteiger partial charge in [0, 0.05) is 19.5 Å². The fourth-order valence-electron chi connectivity index (χ4n) is 2.71. The Bertz CT molecular complexity index is 421. The Morgan fingerprint density at radius 1 is 1.61 bits per heavy atom. The molecule has 0 aromatic carbocycles. The molecule has 100 valence electrons. The zero-order chi connectivity index (χ0) is 13.1. The van der Waals surface area contributed by atoms with E-state index in [1.54, 1.807) is 11.3 Å². The summed E-state index contributed by atoms with van der Waals surface area (Å²) in [4.78, 5) is 14.2. The van der Waals surface area contributed by atoms with E-state index in [2.05, 4.69) is 27.4 Å². The lowest BCUT2D eigenvalue weighted by Crippen LogP contribution is -2.36. The summed E-state index contributed by atoms with van der Waals surface area (Å²) in [6.07, 6.45) is 3.24. The first-order valence-electron chi connectivity index (χ1n) is 6.29. The van der Waals surface area contributed by atoms with Crippen molar-refractivity contribution in [2.75, 3.05) is 13.6 Å². The average Bonchev–Trinajstić information content (AvgIpc) is 2.96. The Morgan fingerprint density at radius 2 is 2.39 bits per heavy atom. The van der Waals surface area contributed by atoms with E-state index in [9.17, 15) is 4.79 Å². The van der Waals surface area contributed by atoms with Crippen LogP contribution < -0.4 is 5.73 Å². The number of nitrogens with zero attached hydrogens (tertiary/aromatic N) is 1. The van der Waals surface area contributed by atoms with Crippen molar-refractivity contribution in [2.45, 2.75) is 25.8 Å². The third kappa shape index (κ3) is 3.13. The monoisotopic (exact) mass is 330 g/mol. The van der Waals surface area contributed by atoms with Gasteiger partial charge in [-0.05, 0) is 58.2 Å². The van der Waals surface area contributed by atoms with Crippen molar-refractivity contribution in [3.63, 3.8) is 0 Å². The van der Waals surface area contributed by atoms with Crippen LogP contribution in [0.15, 0.2) is 15.2 Å². The molecule has 5 heteroatoms. The van der Waals surface area contributed by atoms with Crippen LogP contribution in [0.2, 0.25) is 0 Å². The molecule has 2 rings (SSSR count). The van der Waals surface area contributed by atoms with Crippen molar-refractivity contribution in [3.8, 4) is 0 Å². The molecule has 2 N–H and O–H groups in total. The lowest BCUT2D eigenvalue weighted by atomic mass is 9.95. The van der Waals surface area contributed by atoms with Gasteiger partial charge in [-0.1, -0.05) is 6.42 Å². The topological polar surface area (TPSA) is 46.3 Å². The van der Waals surface area contributed by atoms with Gasteiger partial charge in [-0.15, -0.1) is 11.3 Å². The van der Waals surface area contributed by atoms with Gasteiger partial charge < -0.3 is 10.6 Å². The molecule has 1 aliphatic carbocycles. The highest BCUT2D eigenvalue weighted by molar-refractivity contribution is 9.11. The van der Waals surface area contributed by atoms with Crippen LogP contribution in [0.3, 0.4) is 0 Å². The third-order valence-corrected chi connectivity index (χ3v) is 5.25. The van der Waals surface area contributed by atoms with Crippen LogP contribution in [0.25, 0.3) is 0 Å². The summed E-state index contributed by atoms with van der Waals surface area (Å²) in [5, 5.41) is 2.09. The second-order valence-electron chi connectivity index (χ2n) is 4.99. The molecule has 0 saturated heterocycles. The van der Waals surface area contributed by atoms with E-state index in [0.29, 0.717) is 19.0 Å². The quantitative estimate of drug-likeness (QED) is 0.922. The molecule has 1 aromatic rings. The molecule has 0 aliphatic heterocycles. The minimum atomic E-state index is 0.141. The molecule has 1 aliphatic rings. The van der Waals surface area contributed by atoms with E-state index in [1.807, 2.05) is 11.9 Å². The lowest BCUT2D eigenvalue weighted by Gasteiger charge is -2.24. The van der Waals surface area contributed by atoms with Crippen LogP contribution in [0, 0.1) is 11.8 Å². The van der Waals surface area contributed by atoms with Gasteiger partial charge in [0.15, 0.2) is 0 Å². The maximum atomic E-state index is 12.4. The highest BCUT2D eigenvalue weighted by atomic mass is 79.9. The summed E-state index contributed by atoms with van der Waals surface area (Å²) < 4.78 is 1.11. The van der Waals surface area contributed by atoms with Crippen LogP contribution >= 0.6 is 27.3 Å². The molecule has 2 atom stereocenters. The molecule has 2 unspecified atom stereocenters. The molecule has 1 saturated carbocycles. The first-order chi connectivity index (χ1) is 8.61. The Morgan fingerprint density at radius 3 is 3.00 bits per heavy atom. The van der Waals surface area contributed by atoms with Crippen molar-refractivity contribution >= 4 is 33.2 Å². The fraction of sp³-hybridized carbons (Fsp3) is 0.615. The van der Waals surface area contributed by atoms with E-state index < -0.39 is 0 Å². The Hall–Kier alpha value is -0.390.